The van der Waals surface area contributed by atoms with Crippen molar-refractivity contribution in [1.29, 1.82) is 0 Å². The van der Waals surface area contributed by atoms with Crippen molar-refractivity contribution < 1.29 is 4.79 Å². The van der Waals surface area contributed by atoms with Crippen molar-refractivity contribution in [1.82, 2.24) is 15.0 Å². The van der Waals surface area contributed by atoms with E-state index in [0.717, 1.165) is 16.0 Å². The molecule has 0 saturated heterocycles. The highest BCUT2D eigenvalue weighted by molar-refractivity contribution is 7.18. The van der Waals surface area contributed by atoms with Gasteiger partial charge in [-0.05, 0) is 36.0 Å². The van der Waals surface area contributed by atoms with Gasteiger partial charge in [0.05, 0.1) is 17.9 Å². The monoisotopic (exact) mass is 396 g/mol. The molecule has 7 heteroatoms. The fraction of sp³-hybridized carbons (Fsp3) is 0.333. The quantitative estimate of drug-likeness (QED) is 0.541. The van der Waals surface area contributed by atoms with Crippen LogP contribution in [0.15, 0.2) is 40.5 Å². The van der Waals surface area contributed by atoms with Gasteiger partial charge in [0.2, 0.25) is 0 Å². The van der Waals surface area contributed by atoms with Crippen molar-refractivity contribution in [3.8, 4) is 0 Å². The summed E-state index contributed by atoms with van der Waals surface area (Å²) < 4.78 is 1.31. The Morgan fingerprint density at radius 3 is 2.57 bits per heavy atom. The summed E-state index contributed by atoms with van der Waals surface area (Å²) in [5, 5.41) is 4.57. The van der Waals surface area contributed by atoms with Crippen LogP contribution in [-0.2, 0) is 16.8 Å². The van der Waals surface area contributed by atoms with Crippen LogP contribution < -0.4 is 11.0 Å². The van der Waals surface area contributed by atoms with Crippen LogP contribution in [0.2, 0.25) is 0 Å². The van der Waals surface area contributed by atoms with E-state index < -0.39 is 0 Å². The molecule has 1 N–H and O–H groups in total. The summed E-state index contributed by atoms with van der Waals surface area (Å²) in [5.74, 6) is -0.379. The third-order valence-corrected chi connectivity index (χ3v) is 5.76. The maximum absolute atomic E-state index is 12.6. The molecular formula is C21H24N4O2S. The van der Waals surface area contributed by atoms with Crippen LogP contribution in [0.25, 0.3) is 10.2 Å². The third-order valence-electron chi connectivity index (χ3n) is 4.65. The second-order valence-electron chi connectivity index (χ2n) is 7.81. The lowest BCUT2D eigenvalue weighted by Crippen LogP contribution is -2.30. The minimum Gasteiger partial charge on any atom is -0.289 e. The van der Waals surface area contributed by atoms with Crippen molar-refractivity contribution in [2.45, 2.75) is 46.6 Å². The lowest BCUT2D eigenvalue weighted by molar-refractivity contribution is -0.121. The van der Waals surface area contributed by atoms with E-state index in [1.54, 1.807) is 6.21 Å². The van der Waals surface area contributed by atoms with Gasteiger partial charge >= 0.3 is 0 Å². The highest BCUT2D eigenvalue weighted by Crippen LogP contribution is 2.25. The Hall–Kier alpha value is -2.80. The molecule has 0 aliphatic heterocycles. The number of hydrazone groups is 1. The third kappa shape index (κ3) is 4.20. The average molecular weight is 397 g/mol. The standard InChI is InChI=1S/C21H24N4O2S/c1-13-14(2)28-19-18(13)20(27)25(12-22-19)11-17(26)24-23-10-15-6-8-16(9-7-15)21(3,4)5/h6-10,12H,11H2,1-5H3,(H,24,26). The number of hydrogen-bond acceptors (Lipinski definition) is 5. The first-order valence-corrected chi connectivity index (χ1v) is 9.86. The Morgan fingerprint density at radius 2 is 1.93 bits per heavy atom. The van der Waals surface area contributed by atoms with Crippen molar-refractivity contribution >= 4 is 33.7 Å². The van der Waals surface area contributed by atoms with Crippen LogP contribution in [0, 0.1) is 13.8 Å². The molecule has 0 spiro atoms. The largest absolute Gasteiger partial charge is 0.289 e. The maximum Gasteiger partial charge on any atom is 0.262 e. The summed E-state index contributed by atoms with van der Waals surface area (Å²) in [6.07, 6.45) is 3.00. The Labute approximate surface area is 167 Å². The summed E-state index contributed by atoms with van der Waals surface area (Å²) in [4.78, 5) is 30.8. The summed E-state index contributed by atoms with van der Waals surface area (Å²) in [7, 11) is 0. The lowest BCUT2D eigenvalue weighted by Gasteiger charge is -2.18. The van der Waals surface area contributed by atoms with Gasteiger partial charge in [0.25, 0.3) is 11.5 Å². The highest BCUT2D eigenvalue weighted by Gasteiger charge is 2.14. The smallest absolute Gasteiger partial charge is 0.262 e. The maximum atomic E-state index is 12.6. The highest BCUT2D eigenvalue weighted by atomic mass is 32.1. The van der Waals surface area contributed by atoms with E-state index in [2.05, 4.69) is 48.4 Å². The zero-order chi connectivity index (χ0) is 20.5. The summed E-state index contributed by atoms with van der Waals surface area (Å²) in [5.41, 5.74) is 5.39. The number of fused-ring (bicyclic) bond motifs is 1. The second kappa shape index (κ2) is 7.67. The molecule has 0 saturated carbocycles. The van der Waals surface area contributed by atoms with Gasteiger partial charge in [-0.2, -0.15) is 5.10 Å². The van der Waals surface area contributed by atoms with E-state index in [1.807, 2.05) is 26.0 Å². The molecule has 146 valence electrons. The molecule has 2 heterocycles. The first-order chi connectivity index (χ1) is 13.2. The molecule has 0 unspecified atom stereocenters. The lowest BCUT2D eigenvalue weighted by atomic mass is 9.87. The van der Waals surface area contributed by atoms with E-state index in [0.29, 0.717) is 10.2 Å². The number of aryl methyl sites for hydroxylation is 2. The number of carbonyl (C=O) groups excluding carboxylic acids is 1. The predicted octanol–water partition coefficient (Wildman–Crippen LogP) is 3.52. The van der Waals surface area contributed by atoms with Gasteiger partial charge in [-0.1, -0.05) is 45.0 Å². The van der Waals surface area contributed by atoms with Gasteiger partial charge in [-0.3, -0.25) is 14.2 Å². The van der Waals surface area contributed by atoms with E-state index in [9.17, 15) is 9.59 Å². The molecule has 0 aliphatic rings. The van der Waals surface area contributed by atoms with Crippen LogP contribution in [0.1, 0.15) is 42.3 Å². The molecule has 28 heavy (non-hydrogen) atoms. The van der Waals surface area contributed by atoms with Crippen molar-refractivity contribution in [3.05, 3.63) is 62.5 Å². The van der Waals surface area contributed by atoms with Crippen LogP contribution in [-0.4, -0.2) is 21.7 Å². The normalized spacial score (nSPS) is 12.0. The first kappa shape index (κ1) is 19.9. The van der Waals surface area contributed by atoms with Gasteiger partial charge in [-0.25, -0.2) is 10.4 Å². The molecule has 0 bridgehead atoms. The molecule has 1 amide bonds. The molecule has 3 aromatic rings. The van der Waals surface area contributed by atoms with Crippen LogP contribution in [0.3, 0.4) is 0 Å². The molecular weight excluding hydrogens is 372 g/mol. The molecule has 0 radical (unpaired) electrons. The van der Waals surface area contributed by atoms with Gasteiger partial charge in [0.1, 0.15) is 11.4 Å². The zero-order valence-corrected chi connectivity index (χ0v) is 17.6. The fourth-order valence-corrected chi connectivity index (χ4v) is 3.81. The Balaban J connectivity index is 1.67. The Morgan fingerprint density at radius 1 is 1.25 bits per heavy atom. The molecule has 2 aromatic heterocycles. The minimum atomic E-state index is -0.379. The van der Waals surface area contributed by atoms with Gasteiger partial charge < -0.3 is 0 Å². The minimum absolute atomic E-state index is 0.0889. The van der Waals surface area contributed by atoms with Gasteiger partial charge in [0.15, 0.2) is 0 Å². The predicted molar refractivity (Wildman–Crippen MR) is 114 cm³/mol. The number of nitrogens with zero attached hydrogens (tertiary/aromatic N) is 3. The Kier molecular flexibility index (Phi) is 5.47. The summed E-state index contributed by atoms with van der Waals surface area (Å²) >= 11 is 1.49. The number of hydrogen-bond donors (Lipinski definition) is 1. The van der Waals surface area contributed by atoms with E-state index >= 15 is 0 Å². The van der Waals surface area contributed by atoms with E-state index in [4.69, 9.17) is 0 Å². The number of rotatable bonds is 4. The van der Waals surface area contributed by atoms with Crippen molar-refractivity contribution in [3.63, 3.8) is 0 Å². The topological polar surface area (TPSA) is 76.3 Å². The number of amides is 1. The first-order valence-electron chi connectivity index (χ1n) is 9.04. The number of nitrogens with one attached hydrogen (secondary N) is 1. The average Bonchev–Trinajstić information content (AvgIpc) is 2.92. The molecule has 6 nitrogen and oxygen atoms in total. The van der Waals surface area contributed by atoms with Crippen molar-refractivity contribution in [2.75, 3.05) is 0 Å². The SMILES string of the molecule is Cc1sc2ncn(CC(=O)NN=Cc3ccc(C(C)(C)C)cc3)c(=O)c2c1C. The van der Waals surface area contributed by atoms with Crippen LogP contribution in [0.5, 0.6) is 0 Å². The second-order valence-corrected chi connectivity index (χ2v) is 9.01. The number of benzene rings is 1. The molecule has 0 fully saturated rings. The molecule has 0 aliphatic carbocycles. The molecule has 0 atom stereocenters. The number of thiophene rings is 1. The van der Waals surface area contributed by atoms with E-state index in [-0.39, 0.29) is 23.4 Å². The van der Waals surface area contributed by atoms with Gasteiger partial charge in [0, 0.05) is 4.88 Å². The number of aromatic nitrogens is 2. The van der Waals surface area contributed by atoms with Gasteiger partial charge in [-0.15, -0.1) is 11.3 Å². The number of carbonyl (C=O) groups is 1. The van der Waals surface area contributed by atoms with E-state index in [1.165, 1.54) is 27.8 Å². The molecule has 1 aromatic carbocycles. The van der Waals surface area contributed by atoms with Crippen molar-refractivity contribution in [2.24, 2.45) is 5.10 Å². The summed E-state index contributed by atoms with van der Waals surface area (Å²) in [6, 6.07) is 8.02. The zero-order valence-electron chi connectivity index (χ0n) is 16.7. The molecule has 3 rings (SSSR count). The Bertz CT molecular complexity index is 1100. The summed E-state index contributed by atoms with van der Waals surface area (Å²) in [6.45, 7) is 10.2. The van der Waals surface area contributed by atoms with Crippen LogP contribution in [0.4, 0.5) is 0 Å². The van der Waals surface area contributed by atoms with Crippen LogP contribution >= 0.6 is 11.3 Å². The fourth-order valence-electron chi connectivity index (χ4n) is 2.82.